The van der Waals surface area contributed by atoms with Gasteiger partial charge in [0.25, 0.3) is 0 Å². The average Bonchev–Trinajstić information content (AvgIpc) is 2.17. The smallest absolute Gasteiger partial charge is 0.191 e. The van der Waals surface area contributed by atoms with E-state index in [0.29, 0.717) is 11.4 Å². The van der Waals surface area contributed by atoms with Crippen molar-refractivity contribution in [1.29, 1.82) is 0 Å². The zero-order valence-electron chi connectivity index (χ0n) is 4.37. The highest BCUT2D eigenvalue weighted by molar-refractivity contribution is 8.82. The molecule has 0 amide bonds. The Morgan fingerprint density at radius 2 is 2.38 bits per heavy atom. The number of carbonyl (C=O) groups is 1. The second kappa shape index (κ2) is 2.19. The maximum absolute atomic E-state index is 11.0. The van der Waals surface area contributed by atoms with Gasteiger partial charge in [-0.05, 0) is 15.4 Å². The van der Waals surface area contributed by atoms with E-state index in [4.69, 9.17) is 0 Å². The molecule has 1 rings (SSSR count). The second-order valence-corrected chi connectivity index (χ2v) is 7.15. The Kier molecular flexibility index (Phi) is 1.72. The maximum Gasteiger partial charge on any atom is 0.191 e. The largest absolute Gasteiger partial charge is 0.290 e. The molecule has 1 heterocycles. The van der Waals surface area contributed by atoms with E-state index in [0.717, 1.165) is 12.2 Å². The van der Waals surface area contributed by atoms with Crippen LogP contribution < -0.4 is 0 Å². The number of carbonyl (C=O) groups excluding carboxylic acids is 1. The van der Waals surface area contributed by atoms with Gasteiger partial charge in [0, 0.05) is 11.5 Å². The van der Waals surface area contributed by atoms with Crippen molar-refractivity contribution in [1.82, 2.24) is 0 Å². The summed E-state index contributed by atoms with van der Waals surface area (Å²) in [5, 5.41) is 0. The summed E-state index contributed by atoms with van der Waals surface area (Å²) in [4.78, 5) is 10.0. The fraction of sp³-hybridized carbons (Fsp3) is 0.750. The monoisotopic (exact) mass is 152 g/mol. The molecule has 0 saturated carbocycles. The minimum Gasteiger partial charge on any atom is -0.290 e. The van der Waals surface area contributed by atoms with E-state index in [1.54, 1.807) is 0 Å². The van der Waals surface area contributed by atoms with E-state index >= 15 is 0 Å². The van der Waals surface area contributed by atoms with Crippen LogP contribution in [0, 0.1) is 0 Å². The molecule has 0 N–H and O–H groups in total. The Labute approximate surface area is 52.9 Å². The van der Waals surface area contributed by atoms with Crippen molar-refractivity contribution in [2.75, 3.05) is 11.5 Å². The number of hydrogen-bond donors (Lipinski definition) is 1. The highest BCUT2D eigenvalue weighted by Crippen LogP contribution is 2.28. The third-order valence-electron chi connectivity index (χ3n) is 1.08. The van der Waals surface area contributed by atoms with E-state index in [1.165, 1.54) is 10.8 Å². The van der Waals surface area contributed by atoms with Crippen LogP contribution in [-0.4, -0.2) is 21.3 Å². The van der Waals surface area contributed by atoms with Crippen LogP contribution >= 0.6 is 10.8 Å². The average molecular weight is 152 g/mol. The first-order valence-corrected chi connectivity index (χ1v) is 6.02. The van der Waals surface area contributed by atoms with E-state index in [9.17, 15) is 9.00 Å². The SMILES string of the molecule is O=C[SH]1(=O)CCCS1. The summed E-state index contributed by atoms with van der Waals surface area (Å²) in [6, 6.07) is 0. The van der Waals surface area contributed by atoms with Crippen LogP contribution in [0.1, 0.15) is 6.42 Å². The normalized spacial score (nSPS) is 29.5. The van der Waals surface area contributed by atoms with Crippen molar-refractivity contribution in [3.8, 4) is 0 Å². The van der Waals surface area contributed by atoms with E-state index in [-0.39, 0.29) is 0 Å². The molecule has 1 aliphatic rings. The zero-order valence-corrected chi connectivity index (χ0v) is 6.08. The van der Waals surface area contributed by atoms with Crippen molar-refractivity contribution in [3.63, 3.8) is 0 Å². The van der Waals surface area contributed by atoms with Crippen molar-refractivity contribution in [3.05, 3.63) is 0 Å². The molecular weight excluding hydrogens is 144 g/mol. The molecule has 48 valence electrons. The van der Waals surface area contributed by atoms with E-state index < -0.39 is 8.96 Å². The van der Waals surface area contributed by atoms with Gasteiger partial charge in [0.2, 0.25) is 0 Å². The molecule has 1 aliphatic heterocycles. The first-order valence-electron chi connectivity index (χ1n) is 2.46. The molecule has 0 aliphatic carbocycles. The molecule has 0 unspecified atom stereocenters. The summed E-state index contributed by atoms with van der Waals surface area (Å²) >= 11 is 0. The summed E-state index contributed by atoms with van der Waals surface area (Å²) < 4.78 is 11.0. The molecule has 0 bridgehead atoms. The summed E-state index contributed by atoms with van der Waals surface area (Å²) in [6.45, 7) is 0. The lowest BCUT2D eigenvalue weighted by Crippen LogP contribution is -2.05. The minimum atomic E-state index is -2.31. The molecule has 0 aromatic rings. The fourth-order valence-electron chi connectivity index (χ4n) is 0.652. The molecule has 0 radical (unpaired) electrons. The lowest BCUT2D eigenvalue weighted by atomic mass is 10.6. The summed E-state index contributed by atoms with van der Waals surface area (Å²) in [5.74, 6) is 1.52. The van der Waals surface area contributed by atoms with Gasteiger partial charge in [-0.1, -0.05) is 10.8 Å². The minimum absolute atomic E-state index is 0.626. The first-order chi connectivity index (χ1) is 3.77. The van der Waals surface area contributed by atoms with Crippen LogP contribution in [-0.2, 0) is 13.8 Å². The van der Waals surface area contributed by atoms with Gasteiger partial charge in [0.15, 0.2) is 5.62 Å². The van der Waals surface area contributed by atoms with Gasteiger partial charge in [-0.25, -0.2) is 0 Å². The fourth-order valence-corrected chi connectivity index (χ4v) is 4.61. The third kappa shape index (κ3) is 1.11. The third-order valence-corrected chi connectivity index (χ3v) is 5.92. The van der Waals surface area contributed by atoms with Crippen molar-refractivity contribution in [2.45, 2.75) is 6.42 Å². The van der Waals surface area contributed by atoms with Crippen molar-refractivity contribution >= 4 is 25.4 Å². The molecule has 0 atom stereocenters. The Morgan fingerprint density at radius 3 is 2.62 bits per heavy atom. The lowest BCUT2D eigenvalue weighted by molar-refractivity contribution is 0.566. The van der Waals surface area contributed by atoms with Gasteiger partial charge in [0.05, 0.1) is 0 Å². The van der Waals surface area contributed by atoms with Gasteiger partial charge in [0.1, 0.15) is 0 Å². The predicted molar refractivity (Wildman–Crippen MR) is 38.2 cm³/mol. The quantitative estimate of drug-likeness (QED) is 0.332. The zero-order chi connectivity index (χ0) is 6.04. The van der Waals surface area contributed by atoms with Crippen LogP contribution in [0.2, 0.25) is 0 Å². The van der Waals surface area contributed by atoms with Crippen LogP contribution in [0.15, 0.2) is 0 Å². The number of hydrogen-bond acceptors (Lipinski definition) is 3. The van der Waals surface area contributed by atoms with Gasteiger partial charge in [-0.3, -0.25) is 9.00 Å². The van der Waals surface area contributed by atoms with Crippen LogP contribution in [0.3, 0.4) is 0 Å². The molecule has 1 fully saturated rings. The Morgan fingerprint density at radius 1 is 1.62 bits per heavy atom. The summed E-state index contributed by atoms with van der Waals surface area (Å²) in [6.07, 6.45) is 0.945. The Balaban J connectivity index is 2.66. The van der Waals surface area contributed by atoms with Gasteiger partial charge >= 0.3 is 0 Å². The highest BCUT2D eigenvalue weighted by atomic mass is 33.2. The topological polar surface area (TPSA) is 34.1 Å². The van der Waals surface area contributed by atoms with Crippen LogP contribution in [0.5, 0.6) is 0 Å². The highest BCUT2D eigenvalue weighted by Gasteiger charge is 2.19. The van der Waals surface area contributed by atoms with Gasteiger partial charge < -0.3 is 0 Å². The lowest BCUT2D eigenvalue weighted by Gasteiger charge is -2.02. The van der Waals surface area contributed by atoms with Crippen LogP contribution in [0.25, 0.3) is 0 Å². The maximum atomic E-state index is 11.0. The molecular formula is C4H8O2S2. The first kappa shape index (κ1) is 6.29. The molecule has 1 saturated heterocycles. The Bertz CT molecular complexity index is 133. The van der Waals surface area contributed by atoms with E-state index in [2.05, 4.69) is 0 Å². The molecule has 0 aromatic carbocycles. The van der Waals surface area contributed by atoms with E-state index in [1.807, 2.05) is 0 Å². The summed E-state index contributed by atoms with van der Waals surface area (Å²) in [5.41, 5.74) is 0.630. The molecule has 0 aromatic heterocycles. The number of thiol groups is 1. The predicted octanol–water partition coefficient (Wildman–Crippen LogP) is 0.245. The molecule has 2 nitrogen and oxygen atoms in total. The summed E-state index contributed by atoms with van der Waals surface area (Å²) in [7, 11) is -0.983. The number of rotatable bonds is 1. The van der Waals surface area contributed by atoms with Gasteiger partial charge in [-0.2, -0.15) is 0 Å². The molecule has 0 spiro atoms. The standard InChI is InChI=1S/C4H8O2S2/c5-4-8(6)3-1-2-7-8/h4,8H,1-3H2. The molecule has 8 heavy (non-hydrogen) atoms. The Hall–Kier alpha value is 0.170. The molecule has 4 heteroatoms. The van der Waals surface area contributed by atoms with Gasteiger partial charge in [-0.15, -0.1) is 0 Å². The van der Waals surface area contributed by atoms with Crippen molar-refractivity contribution in [2.24, 2.45) is 0 Å². The van der Waals surface area contributed by atoms with Crippen LogP contribution in [0.4, 0.5) is 0 Å². The second-order valence-electron chi connectivity index (χ2n) is 1.74. The van der Waals surface area contributed by atoms with Crippen molar-refractivity contribution < 1.29 is 9.00 Å².